The first-order valence-electron chi connectivity index (χ1n) is 9.69. The van der Waals surface area contributed by atoms with E-state index in [1.807, 2.05) is 30.3 Å². The summed E-state index contributed by atoms with van der Waals surface area (Å²) in [5.41, 5.74) is 1.03. The molecule has 0 radical (unpaired) electrons. The molecule has 3 rings (SSSR count). The Kier molecular flexibility index (Phi) is 6.59. The molecule has 2 heterocycles. The summed E-state index contributed by atoms with van der Waals surface area (Å²) in [5.74, 6) is 1.39. The van der Waals surface area contributed by atoms with Crippen molar-refractivity contribution in [3.8, 4) is 0 Å². The first-order valence-corrected chi connectivity index (χ1v) is 9.69. The minimum atomic E-state index is -0.628. The van der Waals surface area contributed by atoms with Gasteiger partial charge >= 0.3 is 5.63 Å². The number of nitrogens with zero attached hydrogens (tertiary/aromatic N) is 2. The molecule has 0 saturated carbocycles. The minimum Gasteiger partial charge on any atom is -0.427 e. The van der Waals surface area contributed by atoms with Crippen molar-refractivity contribution in [2.24, 2.45) is 5.92 Å². The van der Waals surface area contributed by atoms with E-state index in [9.17, 15) is 9.59 Å². The Morgan fingerprint density at radius 1 is 1.21 bits per heavy atom. The van der Waals surface area contributed by atoms with Gasteiger partial charge in [0.2, 0.25) is 5.89 Å². The Labute approximate surface area is 169 Å². The maximum atomic E-state index is 12.5. The summed E-state index contributed by atoms with van der Waals surface area (Å²) in [4.78, 5) is 29.0. The monoisotopic (exact) mass is 395 g/mol. The van der Waals surface area contributed by atoms with Gasteiger partial charge in [-0.25, -0.2) is 4.79 Å². The van der Waals surface area contributed by atoms with E-state index in [4.69, 9.17) is 8.94 Å². The standard InChI is InChI=1S/C22H25N3O4/c1-14(2)9-10-17-11-15(3)20(22(27)28-17)21(26)23-13-19-24-18(25-29-19)12-16-7-5-4-6-8-16/h4-8,11,14H,9-10,12-13H2,1-3H3,(H,23,26). The Bertz CT molecular complexity index is 1020. The van der Waals surface area contributed by atoms with Crippen LogP contribution in [0.4, 0.5) is 0 Å². The zero-order valence-electron chi connectivity index (χ0n) is 16.9. The predicted octanol–water partition coefficient (Wildman–Crippen LogP) is 3.44. The molecule has 29 heavy (non-hydrogen) atoms. The molecule has 152 valence electrons. The van der Waals surface area contributed by atoms with Crippen LogP contribution in [-0.4, -0.2) is 16.0 Å². The van der Waals surface area contributed by atoms with E-state index in [0.717, 1.165) is 12.0 Å². The fraction of sp³-hybridized carbons (Fsp3) is 0.364. The number of rotatable bonds is 8. The maximum absolute atomic E-state index is 12.5. The molecule has 0 atom stereocenters. The van der Waals surface area contributed by atoms with Crippen molar-refractivity contribution in [2.45, 2.75) is 46.6 Å². The lowest BCUT2D eigenvalue weighted by atomic mass is 10.0. The van der Waals surface area contributed by atoms with Crippen molar-refractivity contribution < 1.29 is 13.7 Å². The zero-order chi connectivity index (χ0) is 20.8. The fourth-order valence-electron chi connectivity index (χ4n) is 2.96. The van der Waals surface area contributed by atoms with Crippen LogP contribution >= 0.6 is 0 Å². The van der Waals surface area contributed by atoms with Gasteiger partial charge in [-0.05, 0) is 36.5 Å². The third kappa shape index (κ3) is 5.63. The van der Waals surface area contributed by atoms with Crippen molar-refractivity contribution in [1.29, 1.82) is 0 Å². The molecule has 1 amide bonds. The summed E-state index contributed by atoms with van der Waals surface area (Å²) in [6.45, 7) is 5.98. The van der Waals surface area contributed by atoms with Crippen LogP contribution in [0.5, 0.6) is 0 Å². The van der Waals surface area contributed by atoms with Gasteiger partial charge in [0.1, 0.15) is 11.3 Å². The SMILES string of the molecule is Cc1cc(CCC(C)C)oc(=O)c1C(=O)NCc1nc(Cc2ccccc2)no1. The van der Waals surface area contributed by atoms with E-state index in [2.05, 4.69) is 29.3 Å². The fourth-order valence-corrected chi connectivity index (χ4v) is 2.96. The molecule has 2 aromatic heterocycles. The average Bonchev–Trinajstić information content (AvgIpc) is 3.12. The number of hydrogen-bond donors (Lipinski definition) is 1. The lowest BCUT2D eigenvalue weighted by molar-refractivity contribution is 0.0941. The van der Waals surface area contributed by atoms with Crippen molar-refractivity contribution in [1.82, 2.24) is 15.5 Å². The van der Waals surface area contributed by atoms with E-state index < -0.39 is 11.5 Å². The molecule has 7 nitrogen and oxygen atoms in total. The van der Waals surface area contributed by atoms with Crippen molar-refractivity contribution in [3.05, 3.63) is 81.0 Å². The van der Waals surface area contributed by atoms with Crippen LogP contribution in [-0.2, 0) is 19.4 Å². The van der Waals surface area contributed by atoms with Crippen LogP contribution in [0.25, 0.3) is 0 Å². The van der Waals surface area contributed by atoms with Gasteiger partial charge in [0.15, 0.2) is 5.82 Å². The second-order valence-electron chi connectivity index (χ2n) is 7.44. The normalized spacial score (nSPS) is 11.0. The van der Waals surface area contributed by atoms with Crippen molar-refractivity contribution in [3.63, 3.8) is 0 Å². The lowest BCUT2D eigenvalue weighted by Crippen LogP contribution is -2.29. The summed E-state index contributed by atoms with van der Waals surface area (Å²) < 4.78 is 10.5. The molecule has 0 unspecified atom stereocenters. The first kappa shape index (κ1) is 20.5. The second kappa shape index (κ2) is 9.32. The molecular formula is C22H25N3O4. The molecule has 3 aromatic rings. The summed E-state index contributed by atoms with van der Waals surface area (Å²) >= 11 is 0. The quantitative estimate of drug-likeness (QED) is 0.627. The van der Waals surface area contributed by atoms with Crippen LogP contribution in [0.3, 0.4) is 0 Å². The van der Waals surface area contributed by atoms with Crippen molar-refractivity contribution >= 4 is 5.91 Å². The van der Waals surface area contributed by atoms with Crippen LogP contribution in [0.15, 0.2) is 50.1 Å². The maximum Gasteiger partial charge on any atom is 0.349 e. The van der Waals surface area contributed by atoms with E-state index in [0.29, 0.717) is 35.9 Å². The topological polar surface area (TPSA) is 98.2 Å². The van der Waals surface area contributed by atoms with E-state index in [-0.39, 0.29) is 18.0 Å². The second-order valence-corrected chi connectivity index (χ2v) is 7.44. The molecule has 0 spiro atoms. The number of carbonyl (C=O) groups excluding carboxylic acids is 1. The Morgan fingerprint density at radius 2 is 1.97 bits per heavy atom. The number of carbonyl (C=O) groups is 1. The molecule has 7 heteroatoms. The molecule has 0 bridgehead atoms. The highest BCUT2D eigenvalue weighted by atomic mass is 16.5. The molecule has 1 N–H and O–H groups in total. The third-order valence-corrected chi connectivity index (χ3v) is 4.51. The van der Waals surface area contributed by atoms with Gasteiger partial charge in [0.25, 0.3) is 5.91 Å². The predicted molar refractivity (Wildman–Crippen MR) is 108 cm³/mol. The van der Waals surface area contributed by atoms with Gasteiger partial charge < -0.3 is 14.3 Å². The summed E-state index contributed by atoms with van der Waals surface area (Å²) in [6.07, 6.45) is 2.12. The largest absolute Gasteiger partial charge is 0.427 e. The molecule has 0 saturated heterocycles. The smallest absolute Gasteiger partial charge is 0.349 e. The highest BCUT2D eigenvalue weighted by Crippen LogP contribution is 2.12. The number of hydrogen-bond acceptors (Lipinski definition) is 6. The number of benzene rings is 1. The van der Waals surface area contributed by atoms with E-state index in [1.165, 1.54) is 0 Å². The molecule has 0 aliphatic carbocycles. The van der Waals surface area contributed by atoms with Gasteiger partial charge in [0.05, 0.1) is 6.54 Å². The van der Waals surface area contributed by atoms with Crippen LogP contribution < -0.4 is 10.9 Å². The molecular weight excluding hydrogens is 370 g/mol. The molecule has 0 aliphatic rings. The molecule has 1 aromatic carbocycles. The van der Waals surface area contributed by atoms with Crippen LogP contribution in [0, 0.1) is 12.8 Å². The van der Waals surface area contributed by atoms with Crippen LogP contribution in [0.1, 0.15) is 59.2 Å². The highest BCUT2D eigenvalue weighted by Gasteiger charge is 2.18. The van der Waals surface area contributed by atoms with E-state index >= 15 is 0 Å². The van der Waals surface area contributed by atoms with Crippen LogP contribution in [0.2, 0.25) is 0 Å². The summed E-state index contributed by atoms with van der Waals surface area (Å²) in [7, 11) is 0. The summed E-state index contributed by atoms with van der Waals surface area (Å²) in [6, 6.07) is 11.5. The molecule has 0 aliphatic heterocycles. The van der Waals surface area contributed by atoms with E-state index in [1.54, 1.807) is 13.0 Å². The number of amides is 1. The van der Waals surface area contributed by atoms with Gasteiger partial charge in [-0.15, -0.1) is 0 Å². The summed E-state index contributed by atoms with van der Waals surface area (Å²) in [5, 5.41) is 6.57. The molecule has 0 fully saturated rings. The number of aromatic nitrogens is 2. The van der Waals surface area contributed by atoms with Gasteiger partial charge in [-0.2, -0.15) is 4.98 Å². The van der Waals surface area contributed by atoms with Gasteiger partial charge in [0, 0.05) is 12.8 Å². The Morgan fingerprint density at radius 3 is 2.66 bits per heavy atom. The van der Waals surface area contributed by atoms with Gasteiger partial charge in [-0.1, -0.05) is 49.3 Å². The first-order chi connectivity index (χ1) is 13.9. The van der Waals surface area contributed by atoms with Crippen molar-refractivity contribution in [2.75, 3.05) is 0 Å². The highest BCUT2D eigenvalue weighted by molar-refractivity contribution is 5.94. The zero-order valence-corrected chi connectivity index (χ0v) is 16.9. The third-order valence-electron chi connectivity index (χ3n) is 4.51. The Balaban J connectivity index is 1.61. The minimum absolute atomic E-state index is 0.00215. The Hall–Kier alpha value is -3.22. The number of nitrogens with one attached hydrogen (secondary N) is 1. The average molecular weight is 395 g/mol. The van der Waals surface area contributed by atoms with Gasteiger partial charge in [-0.3, -0.25) is 4.79 Å². The number of aryl methyl sites for hydroxylation is 2. The lowest BCUT2D eigenvalue weighted by Gasteiger charge is -2.08.